The van der Waals surface area contributed by atoms with Crippen molar-refractivity contribution in [1.82, 2.24) is 20.0 Å². The van der Waals surface area contributed by atoms with Crippen LogP contribution < -0.4 is 16.1 Å². The number of pyridine rings is 1. The molecule has 1 atom stereocenters. The third kappa shape index (κ3) is 3.56. The van der Waals surface area contributed by atoms with Gasteiger partial charge in [0.2, 0.25) is 0 Å². The molecule has 3 aliphatic rings. The molecule has 9 nitrogen and oxygen atoms in total. The zero-order chi connectivity index (χ0) is 21.6. The Morgan fingerprint density at radius 3 is 2.81 bits per heavy atom. The lowest BCUT2D eigenvalue weighted by Crippen LogP contribution is -2.43. The molecule has 2 aliphatic heterocycles. The van der Waals surface area contributed by atoms with Crippen LogP contribution in [-0.4, -0.2) is 45.1 Å². The van der Waals surface area contributed by atoms with E-state index in [0.717, 1.165) is 55.4 Å². The minimum absolute atomic E-state index is 0.119. The first-order valence-corrected chi connectivity index (χ1v) is 11.0. The van der Waals surface area contributed by atoms with Crippen LogP contribution in [0.25, 0.3) is 0 Å². The van der Waals surface area contributed by atoms with Crippen molar-refractivity contribution in [3.63, 3.8) is 0 Å². The average molecular weight is 425 g/mol. The Hall–Kier alpha value is -2.94. The largest absolute Gasteiger partial charge is 0.427 e. The summed E-state index contributed by atoms with van der Waals surface area (Å²) in [5.74, 6) is 1.60. The lowest BCUT2D eigenvalue weighted by Gasteiger charge is -2.34. The van der Waals surface area contributed by atoms with Crippen molar-refractivity contribution in [2.75, 3.05) is 18.5 Å². The van der Waals surface area contributed by atoms with Gasteiger partial charge in [-0.2, -0.15) is 4.73 Å². The van der Waals surface area contributed by atoms with Crippen LogP contribution in [0.5, 0.6) is 0 Å². The standard InChI is InChI=1S/C22H28N6O3/c1-13-10-18(26-17-11-16(23-14(2)24-17)25-15-6-9-31-12-15)28(30)20-19(13)21(29)27-22(20)7-4-3-5-8-22/h10-11,15,30H,3-9,12H2,1-2H3,(H,27,29)(H,23,24,25)/t15-/m0/s1. The van der Waals surface area contributed by atoms with E-state index in [2.05, 4.69) is 25.6 Å². The Bertz CT molecular complexity index is 1100. The molecule has 1 aliphatic carbocycles. The van der Waals surface area contributed by atoms with Crippen LogP contribution >= 0.6 is 0 Å². The Morgan fingerprint density at radius 1 is 1.26 bits per heavy atom. The fraction of sp³-hybridized carbons (Fsp3) is 0.545. The average Bonchev–Trinajstić information content (AvgIpc) is 3.32. The maximum Gasteiger partial charge on any atom is 0.254 e. The highest BCUT2D eigenvalue weighted by atomic mass is 16.5. The second kappa shape index (κ2) is 7.64. The van der Waals surface area contributed by atoms with E-state index in [9.17, 15) is 10.0 Å². The molecule has 5 rings (SSSR count). The topological polar surface area (TPSA) is 114 Å². The SMILES string of the molecule is Cc1nc(N=c2cc(C)c3c(n2O)C2(CCCCC2)NC3=O)cc(N[C@H]2CCOC2)n1. The van der Waals surface area contributed by atoms with Gasteiger partial charge in [0, 0.05) is 12.7 Å². The molecule has 0 aromatic carbocycles. The maximum absolute atomic E-state index is 12.7. The van der Waals surface area contributed by atoms with Gasteiger partial charge >= 0.3 is 0 Å². The summed E-state index contributed by atoms with van der Waals surface area (Å²) in [6.07, 6.45) is 5.75. The van der Waals surface area contributed by atoms with Crippen molar-refractivity contribution in [2.45, 2.75) is 64.0 Å². The number of hydrogen-bond donors (Lipinski definition) is 3. The van der Waals surface area contributed by atoms with Crippen molar-refractivity contribution in [2.24, 2.45) is 4.99 Å². The number of aromatic nitrogens is 3. The van der Waals surface area contributed by atoms with Gasteiger partial charge in [-0.05, 0) is 44.7 Å². The molecule has 1 saturated heterocycles. The molecular formula is C22H28N6O3. The van der Waals surface area contributed by atoms with E-state index in [1.165, 1.54) is 0 Å². The van der Waals surface area contributed by atoms with Gasteiger partial charge in [0.1, 0.15) is 11.6 Å². The smallest absolute Gasteiger partial charge is 0.254 e. The lowest BCUT2D eigenvalue weighted by molar-refractivity contribution is 0.0892. The van der Waals surface area contributed by atoms with Gasteiger partial charge in [-0.1, -0.05) is 19.3 Å². The Balaban J connectivity index is 1.59. The van der Waals surface area contributed by atoms with E-state index in [4.69, 9.17) is 4.74 Å². The van der Waals surface area contributed by atoms with E-state index in [-0.39, 0.29) is 11.9 Å². The lowest BCUT2D eigenvalue weighted by atomic mass is 9.79. The van der Waals surface area contributed by atoms with Crippen molar-refractivity contribution in [1.29, 1.82) is 0 Å². The van der Waals surface area contributed by atoms with E-state index >= 15 is 0 Å². The molecule has 2 aromatic rings. The van der Waals surface area contributed by atoms with Crippen molar-refractivity contribution >= 4 is 17.5 Å². The summed E-state index contributed by atoms with van der Waals surface area (Å²) in [4.78, 5) is 26.2. The highest BCUT2D eigenvalue weighted by Gasteiger charge is 2.47. The van der Waals surface area contributed by atoms with Crippen LogP contribution in [0.3, 0.4) is 0 Å². The molecule has 9 heteroatoms. The van der Waals surface area contributed by atoms with Crippen LogP contribution in [0.2, 0.25) is 0 Å². The molecule has 1 spiro atoms. The molecular weight excluding hydrogens is 396 g/mol. The molecule has 0 radical (unpaired) electrons. The van der Waals surface area contributed by atoms with Crippen LogP contribution in [0.4, 0.5) is 11.6 Å². The molecule has 4 heterocycles. The number of amides is 1. The maximum atomic E-state index is 12.7. The Kier molecular flexibility index (Phi) is 4.92. The Morgan fingerprint density at radius 2 is 2.06 bits per heavy atom. The zero-order valence-electron chi connectivity index (χ0n) is 17.9. The van der Waals surface area contributed by atoms with E-state index in [0.29, 0.717) is 40.8 Å². The van der Waals surface area contributed by atoms with Gasteiger partial charge in [0.15, 0.2) is 11.3 Å². The molecule has 2 fully saturated rings. The third-order valence-electron chi connectivity index (χ3n) is 6.48. The number of anilines is 1. The summed E-state index contributed by atoms with van der Waals surface area (Å²) in [5, 5.41) is 17.7. The van der Waals surface area contributed by atoms with Gasteiger partial charge in [-0.15, -0.1) is 0 Å². The number of nitrogens with one attached hydrogen (secondary N) is 2. The quantitative estimate of drug-likeness (QED) is 0.653. The highest BCUT2D eigenvalue weighted by molar-refractivity contribution is 6.00. The number of fused-ring (bicyclic) bond motifs is 2. The number of aryl methyl sites for hydroxylation is 2. The van der Waals surface area contributed by atoms with Gasteiger partial charge < -0.3 is 20.6 Å². The van der Waals surface area contributed by atoms with Crippen molar-refractivity contribution < 1.29 is 14.7 Å². The fourth-order valence-electron chi connectivity index (χ4n) is 5.06. The van der Waals surface area contributed by atoms with Gasteiger partial charge in [-0.3, -0.25) is 4.79 Å². The first-order chi connectivity index (χ1) is 14.9. The highest BCUT2D eigenvalue weighted by Crippen LogP contribution is 2.42. The number of carbonyl (C=O) groups excluding carboxylic acids is 1. The van der Waals surface area contributed by atoms with Crippen LogP contribution in [0.15, 0.2) is 17.1 Å². The van der Waals surface area contributed by atoms with E-state index < -0.39 is 5.54 Å². The molecule has 1 saturated carbocycles. The number of ether oxygens (including phenoxy) is 1. The zero-order valence-corrected chi connectivity index (χ0v) is 17.9. The molecule has 2 aromatic heterocycles. The summed E-state index contributed by atoms with van der Waals surface area (Å²) < 4.78 is 6.51. The second-order valence-corrected chi connectivity index (χ2v) is 8.79. The number of hydrogen-bond acceptors (Lipinski definition) is 7. The fourth-order valence-corrected chi connectivity index (χ4v) is 5.06. The van der Waals surface area contributed by atoms with Crippen LogP contribution in [0, 0.1) is 13.8 Å². The summed E-state index contributed by atoms with van der Waals surface area (Å²) in [7, 11) is 0. The molecule has 3 N–H and O–H groups in total. The first kappa shape index (κ1) is 20.0. The predicted octanol–water partition coefficient (Wildman–Crippen LogP) is 2.47. The number of carbonyl (C=O) groups is 1. The second-order valence-electron chi connectivity index (χ2n) is 8.79. The summed E-state index contributed by atoms with van der Waals surface area (Å²) in [6, 6.07) is 3.72. The molecule has 164 valence electrons. The molecule has 31 heavy (non-hydrogen) atoms. The Labute approximate surface area is 180 Å². The molecule has 1 amide bonds. The summed E-state index contributed by atoms with van der Waals surface area (Å²) >= 11 is 0. The molecule has 0 unspecified atom stereocenters. The minimum atomic E-state index is -0.521. The van der Waals surface area contributed by atoms with Gasteiger partial charge in [0.05, 0.1) is 29.4 Å². The van der Waals surface area contributed by atoms with Gasteiger partial charge in [-0.25, -0.2) is 15.0 Å². The summed E-state index contributed by atoms with van der Waals surface area (Å²) in [5.41, 5.74) is 1.82. The number of rotatable bonds is 3. The van der Waals surface area contributed by atoms with Crippen molar-refractivity contribution in [3.8, 4) is 0 Å². The van der Waals surface area contributed by atoms with E-state index in [1.807, 2.05) is 13.8 Å². The first-order valence-electron chi connectivity index (χ1n) is 11.0. The van der Waals surface area contributed by atoms with Gasteiger partial charge in [0.25, 0.3) is 5.91 Å². The minimum Gasteiger partial charge on any atom is -0.427 e. The van der Waals surface area contributed by atoms with Crippen LogP contribution in [-0.2, 0) is 10.3 Å². The molecule has 0 bridgehead atoms. The predicted molar refractivity (Wildman–Crippen MR) is 113 cm³/mol. The summed E-state index contributed by atoms with van der Waals surface area (Å²) in [6.45, 7) is 5.10. The third-order valence-corrected chi connectivity index (χ3v) is 6.48. The monoisotopic (exact) mass is 424 g/mol. The van der Waals surface area contributed by atoms with E-state index in [1.54, 1.807) is 12.1 Å². The number of nitrogens with zero attached hydrogens (tertiary/aromatic N) is 4. The van der Waals surface area contributed by atoms with Crippen molar-refractivity contribution in [3.05, 3.63) is 40.3 Å². The normalized spacial score (nSPS) is 22.6. The van der Waals surface area contributed by atoms with Crippen LogP contribution in [0.1, 0.15) is 66.0 Å².